The number of nitrogens with zero attached hydrogens (tertiary/aromatic N) is 1. The molecule has 1 amide bonds. The second-order valence-corrected chi connectivity index (χ2v) is 7.01. The van der Waals surface area contributed by atoms with Crippen molar-refractivity contribution in [3.63, 3.8) is 0 Å². The van der Waals surface area contributed by atoms with E-state index < -0.39 is 0 Å². The Labute approximate surface area is 145 Å². The van der Waals surface area contributed by atoms with E-state index in [4.69, 9.17) is 0 Å². The lowest BCUT2D eigenvalue weighted by Crippen LogP contribution is -2.14. The van der Waals surface area contributed by atoms with Gasteiger partial charge in [-0.3, -0.25) is 4.79 Å². The zero-order chi connectivity index (χ0) is 16.4. The van der Waals surface area contributed by atoms with Gasteiger partial charge in [0.1, 0.15) is 0 Å². The van der Waals surface area contributed by atoms with Crippen molar-refractivity contribution >= 4 is 34.3 Å². The molecule has 0 spiro atoms. The summed E-state index contributed by atoms with van der Waals surface area (Å²) in [5.74, 6) is 0.371. The summed E-state index contributed by atoms with van der Waals surface area (Å²) in [5, 5.41) is 4.98. The van der Waals surface area contributed by atoms with Crippen LogP contribution in [0.5, 0.6) is 0 Å². The van der Waals surface area contributed by atoms with Crippen molar-refractivity contribution < 1.29 is 4.79 Å². The molecule has 1 aliphatic rings. The number of hydrogen-bond acceptors (Lipinski definition) is 3. The monoisotopic (exact) mass is 334 g/mol. The van der Waals surface area contributed by atoms with E-state index in [1.54, 1.807) is 0 Å². The van der Waals surface area contributed by atoms with Crippen molar-refractivity contribution in [3.8, 4) is 0 Å². The van der Waals surface area contributed by atoms with Crippen molar-refractivity contribution in [3.05, 3.63) is 65.7 Å². The number of carbonyl (C=O) groups excluding carboxylic acids is 1. The maximum Gasteiger partial charge on any atom is 0.234 e. The van der Waals surface area contributed by atoms with Gasteiger partial charge in [-0.1, -0.05) is 42.1 Å². The third-order valence-electron chi connectivity index (χ3n) is 4.31. The topological polar surface area (TPSA) is 42.0 Å². The minimum absolute atomic E-state index is 0.00732. The van der Waals surface area contributed by atoms with Crippen LogP contribution in [0.3, 0.4) is 0 Å². The lowest BCUT2D eigenvalue weighted by molar-refractivity contribution is -0.113. The van der Waals surface area contributed by atoms with Gasteiger partial charge in [-0.2, -0.15) is 0 Å². The standard InChI is InChI=1S/C20H18N2OS/c23-19(21-17-10-8-14-5-3-6-16(14)12-17)13-24-20-11-9-15-4-1-2-7-18(15)22-20/h1-2,4,7-12H,3,5-6,13H2,(H,21,23). The van der Waals surface area contributed by atoms with Crippen LogP contribution in [0.1, 0.15) is 17.5 Å². The van der Waals surface area contributed by atoms with Crippen LogP contribution in [-0.4, -0.2) is 16.6 Å². The molecule has 4 heteroatoms. The van der Waals surface area contributed by atoms with E-state index in [0.717, 1.165) is 34.5 Å². The molecule has 0 radical (unpaired) electrons. The SMILES string of the molecule is O=C(CSc1ccc2ccccc2n1)Nc1ccc2c(c1)CCC2. The zero-order valence-corrected chi connectivity index (χ0v) is 14.1. The number of anilines is 1. The van der Waals surface area contributed by atoms with E-state index >= 15 is 0 Å². The van der Waals surface area contributed by atoms with Gasteiger partial charge in [0.15, 0.2) is 0 Å². The molecule has 1 N–H and O–H groups in total. The second-order valence-electron chi connectivity index (χ2n) is 6.02. The van der Waals surface area contributed by atoms with Crippen LogP contribution in [0.15, 0.2) is 59.6 Å². The maximum atomic E-state index is 12.2. The molecule has 0 saturated carbocycles. The van der Waals surface area contributed by atoms with Gasteiger partial charge in [-0.15, -0.1) is 0 Å². The van der Waals surface area contributed by atoms with Crippen molar-refractivity contribution in [2.75, 3.05) is 11.1 Å². The molecule has 0 saturated heterocycles. The fourth-order valence-corrected chi connectivity index (χ4v) is 3.79. The lowest BCUT2D eigenvalue weighted by atomic mass is 10.1. The summed E-state index contributed by atoms with van der Waals surface area (Å²) in [5.41, 5.74) is 4.65. The fraction of sp³-hybridized carbons (Fsp3) is 0.200. The Bertz CT molecular complexity index is 907. The summed E-state index contributed by atoms with van der Waals surface area (Å²) in [6, 6.07) is 18.3. The molecule has 2 aromatic carbocycles. The zero-order valence-electron chi connectivity index (χ0n) is 13.3. The molecule has 3 nitrogen and oxygen atoms in total. The molecule has 120 valence electrons. The van der Waals surface area contributed by atoms with E-state index in [-0.39, 0.29) is 5.91 Å². The second kappa shape index (κ2) is 6.65. The Morgan fingerprint density at radius 2 is 1.92 bits per heavy atom. The molecule has 0 aliphatic heterocycles. The molecule has 4 rings (SSSR count). The molecule has 0 unspecified atom stereocenters. The average Bonchev–Trinajstić information content (AvgIpc) is 3.07. The van der Waals surface area contributed by atoms with E-state index in [1.807, 2.05) is 42.5 Å². The Hall–Kier alpha value is -2.33. The Balaban J connectivity index is 1.39. The number of fused-ring (bicyclic) bond motifs is 2. The Morgan fingerprint density at radius 1 is 1.04 bits per heavy atom. The fourth-order valence-electron chi connectivity index (χ4n) is 3.11. The first-order valence-corrected chi connectivity index (χ1v) is 9.17. The molecule has 0 bridgehead atoms. The molecular weight excluding hydrogens is 316 g/mol. The van der Waals surface area contributed by atoms with E-state index in [2.05, 4.69) is 22.4 Å². The van der Waals surface area contributed by atoms with Crippen molar-refractivity contribution in [2.24, 2.45) is 0 Å². The summed E-state index contributed by atoms with van der Waals surface area (Å²) in [4.78, 5) is 16.8. The average molecular weight is 334 g/mol. The molecule has 0 atom stereocenters. The number of hydrogen-bond donors (Lipinski definition) is 1. The summed E-state index contributed by atoms with van der Waals surface area (Å²) in [7, 11) is 0. The number of carbonyl (C=O) groups is 1. The normalized spacial score (nSPS) is 13.0. The number of amides is 1. The van der Waals surface area contributed by atoms with Gasteiger partial charge in [0.2, 0.25) is 5.91 Å². The van der Waals surface area contributed by atoms with Gasteiger partial charge in [0, 0.05) is 11.1 Å². The molecule has 1 aliphatic carbocycles. The Morgan fingerprint density at radius 3 is 2.88 bits per heavy atom. The number of para-hydroxylation sites is 1. The number of thioether (sulfide) groups is 1. The highest BCUT2D eigenvalue weighted by Crippen LogP contribution is 2.25. The first-order chi connectivity index (χ1) is 11.8. The lowest BCUT2D eigenvalue weighted by Gasteiger charge is -2.07. The largest absolute Gasteiger partial charge is 0.325 e. The van der Waals surface area contributed by atoms with Gasteiger partial charge >= 0.3 is 0 Å². The van der Waals surface area contributed by atoms with Crippen molar-refractivity contribution in [2.45, 2.75) is 24.3 Å². The van der Waals surface area contributed by atoms with Crippen LogP contribution in [0.2, 0.25) is 0 Å². The van der Waals surface area contributed by atoms with Crippen LogP contribution in [0, 0.1) is 0 Å². The van der Waals surface area contributed by atoms with Crippen LogP contribution >= 0.6 is 11.8 Å². The third-order valence-corrected chi connectivity index (χ3v) is 5.24. The van der Waals surface area contributed by atoms with Gasteiger partial charge in [-0.25, -0.2) is 4.98 Å². The molecule has 3 aromatic rings. The number of rotatable bonds is 4. The van der Waals surface area contributed by atoms with Gasteiger partial charge in [-0.05, 0) is 54.7 Å². The quantitative estimate of drug-likeness (QED) is 0.717. The summed E-state index contributed by atoms with van der Waals surface area (Å²) in [6.07, 6.45) is 3.50. The minimum Gasteiger partial charge on any atom is -0.325 e. The smallest absolute Gasteiger partial charge is 0.234 e. The van der Waals surface area contributed by atoms with Gasteiger partial charge in [0.05, 0.1) is 16.3 Å². The summed E-state index contributed by atoms with van der Waals surface area (Å²) >= 11 is 1.46. The van der Waals surface area contributed by atoms with Crippen molar-refractivity contribution in [1.82, 2.24) is 4.98 Å². The highest BCUT2D eigenvalue weighted by Gasteiger charge is 2.12. The van der Waals surface area contributed by atoms with Gasteiger partial charge in [0.25, 0.3) is 0 Å². The van der Waals surface area contributed by atoms with Crippen LogP contribution in [0.25, 0.3) is 10.9 Å². The highest BCUT2D eigenvalue weighted by atomic mass is 32.2. The molecular formula is C20H18N2OS. The maximum absolute atomic E-state index is 12.2. The number of aromatic nitrogens is 1. The molecule has 0 fully saturated rings. The molecule has 24 heavy (non-hydrogen) atoms. The van der Waals surface area contributed by atoms with Crippen molar-refractivity contribution in [1.29, 1.82) is 0 Å². The minimum atomic E-state index is 0.00732. The summed E-state index contributed by atoms with van der Waals surface area (Å²) < 4.78 is 0. The van der Waals surface area contributed by atoms with E-state index in [9.17, 15) is 4.79 Å². The van der Waals surface area contributed by atoms with Crippen LogP contribution in [0.4, 0.5) is 5.69 Å². The van der Waals surface area contributed by atoms with E-state index in [1.165, 1.54) is 29.3 Å². The van der Waals surface area contributed by atoms with Crippen LogP contribution in [-0.2, 0) is 17.6 Å². The highest BCUT2D eigenvalue weighted by molar-refractivity contribution is 7.99. The Kier molecular flexibility index (Phi) is 4.22. The number of nitrogens with one attached hydrogen (secondary N) is 1. The summed E-state index contributed by atoms with van der Waals surface area (Å²) in [6.45, 7) is 0. The molecule has 1 aromatic heterocycles. The predicted molar refractivity (Wildman–Crippen MR) is 99.6 cm³/mol. The van der Waals surface area contributed by atoms with Crippen LogP contribution < -0.4 is 5.32 Å². The van der Waals surface area contributed by atoms with Gasteiger partial charge < -0.3 is 5.32 Å². The third kappa shape index (κ3) is 3.29. The number of pyridine rings is 1. The first kappa shape index (κ1) is 15.2. The molecule has 1 heterocycles. The predicted octanol–water partition coefficient (Wildman–Crippen LogP) is 4.45. The number of benzene rings is 2. The number of aryl methyl sites for hydroxylation is 2. The first-order valence-electron chi connectivity index (χ1n) is 8.18. The van der Waals surface area contributed by atoms with E-state index in [0.29, 0.717) is 5.75 Å².